The zero-order valence-corrected chi connectivity index (χ0v) is 16.1. The fraction of sp³-hybridized carbons (Fsp3) is 0.381. The Morgan fingerprint density at radius 1 is 1.29 bits per heavy atom. The highest BCUT2D eigenvalue weighted by atomic mass is 16.5. The third kappa shape index (κ3) is 3.71. The zero-order chi connectivity index (χ0) is 19.5. The number of hydrogen-bond acceptors (Lipinski definition) is 6. The SMILES string of the molecule is COC1=CC([C@@H]2CN(c3nc(-c4ccncc4)cc(=O)n3C)CCO2)CC=C1. The molecule has 1 fully saturated rings. The molecule has 0 saturated carbocycles. The van der Waals surface area contributed by atoms with E-state index in [9.17, 15) is 4.79 Å². The molecule has 2 aliphatic rings. The van der Waals surface area contributed by atoms with Gasteiger partial charge in [0, 0.05) is 50.1 Å². The van der Waals surface area contributed by atoms with Crippen LogP contribution in [0.4, 0.5) is 5.95 Å². The average Bonchev–Trinajstić information content (AvgIpc) is 2.76. The van der Waals surface area contributed by atoms with Crippen molar-refractivity contribution in [3.05, 3.63) is 64.9 Å². The first-order chi connectivity index (χ1) is 13.7. The predicted octanol–water partition coefficient (Wildman–Crippen LogP) is 2.15. The minimum atomic E-state index is -0.0815. The van der Waals surface area contributed by atoms with E-state index < -0.39 is 0 Å². The van der Waals surface area contributed by atoms with Crippen molar-refractivity contribution >= 4 is 5.95 Å². The molecule has 2 atom stereocenters. The summed E-state index contributed by atoms with van der Waals surface area (Å²) in [5.41, 5.74) is 1.46. The monoisotopic (exact) mass is 380 g/mol. The second-order valence-electron chi connectivity index (χ2n) is 7.00. The standard InChI is InChI=1S/C21H24N4O3/c1-24-20(26)13-18(15-6-8-22-9-7-15)23-21(24)25-10-11-28-19(14-25)16-4-3-5-17(12-16)27-2/h3,5-9,12-13,16,19H,4,10-11,14H2,1-2H3/t16?,19-/m0/s1. The molecular formula is C21H24N4O3. The Kier molecular flexibility index (Phi) is 5.25. The van der Waals surface area contributed by atoms with Crippen LogP contribution in [0.3, 0.4) is 0 Å². The highest BCUT2D eigenvalue weighted by Gasteiger charge is 2.29. The van der Waals surface area contributed by atoms with E-state index in [1.807, 2.05) is 18.2 Å². The lowest BCUT2D eigenvalue weighted by molar-refractivity contribution is 0.0128. The maximum absolute atomic E-state index is 12.6. The van der Waals surface area contributed by atoms with Gasteiger partial charge in [-0.1, -0.05) is 6.08 Å². The summed E-state index contributed by atoms with van der Waals surface area (Å²) in [5, 5.41) is 0. The van der Waals surface area contributed by atoms with Crippen LogP contribution in [0, 0.1) is 5.92 Å². The molecule has 0 N–H and O–H groups in total. The van der Waals surface area contributed by atoms with Crippen LogP contribution in [0.5, 0.6) is 0 Å². The van der Waals surface area contributed by atoms with Crippen LogP contribution < -0.4 is 10.5 Å². The van der Waals surface area contributed by atoms with E-state index in [0.29, 0.717) is 31.3 Å². The minimum absolute atomic E-state index is 0.0188. The van der Waals surface area contributed by atoms with Crippen molar-refractivity contribution in [2.24, 2.45) is 13.0 Å². The zero-order valence-electron chi connectivity index (χ0n) is 16.1. The smallest absolute Gasteiger partial charge is 0.255 e. The Balaban J connectivity index is 1.62. The van der Waals surface area contributed by atoms with Crippen molar-refractivity contribution in [2.75, 3.05) is 31.7 Å². The van der Waals surface area contributed by atoms with Crippen LogP contribution in [0.2, 0.25) is 0 Å². The van der Waals surface area contributed by atoms with E-state index in [0.717, 1.165) is 17.7 Å². The Bertz CT molecular complexity index is 952. The molecule has 7 nitrogen and oxygen atoms in total. The van der Waals surface area contributed by atoms with Crippen LogP contribution in [0.25, 0.3) is 11.3 Å². The summed E-state index contributed by atoms with van der Waals surface area (Å²) in [6.07, 6.45) is 10.6. The topological polar surface area (TPSA) is 69.5 Å². The number of rotatable bonds is 4. The molecule has 2 aromatic heterocycles. The molecule has 3 heterocycles. The first-order valence-electron chi connectivity index (χ1n) is 9.43. The summed E-state index contributed by atoms with van der Waals surface area (Å²) in [7, 11) is 3.44. The Hall–Kier alpha value is -2.93. The molecule has 2 aromatic rings. The van der Waals surface area contributed by atoms with Crippen LogP contribution in [-0.4, -0.2) is 47.4 Å². The molecule has 4 rings (SSSR count). The van der Waals surface area contributed by atoms with E-state index in [2.05, 4.69) is 22.0 Å². The van der Waals surface area contributed by atoms with Crippen LogP contribution in [0.1, 0.15) is 6.42 Å². The molecule has 7 heteroatoms. The molecule has 28 heavy (non-hydrogen) atoms. The van der Waals surface area contributed by atoms with Gasteiger partial charge in [0.2, 0.25) is 5.95 Å². The fourth-order valence-corrected chi connectivity index (χ4v) is 3.67. The summed E-state index contributed by atoms with van der Waals surface area (Å²) in [5.74, 6) is 1.76. The molecule has 0 aromatic carbocycles. The summed E-state index contributed by atoms with van der Waals surface area (Å²) in [4.78, 5) is 23.5. The molecule has 0 amide bonds. The normalized spacial score (nSPS) is 22.1. The van der Waals surface area contributed by atoms with E-state index in [1.54, 1.807) is 37.2 Å². The van der Waals surface area contributed by atoms with Crippen LogP contribution >= 0.6 is 0 Å². The molecule has 1 saturated heterocycles. The summed E-state index contributed by atoms with van der Waals surface area (Å²) in [6, 6.07) is 5.29. The van der Waals surface area contributed by atoms with Crippen molar-refractivity contribution in [1.82, 2.24) is 14.5 Å². The third-order valence-electron chi connectivity index (χ3n) is 5.25. The average molecular weight is 380 g/mol. The number of ether oxygens (including phenoxy) is 2. The molecule has 0 radical (unpaired) electrons. The number of allylic oxidation sites excluding steroid dienone is 2. The summed E-state index contributed by atoms with van der Waals surface area (Å²) >= 11 is 0. The van der Waals surface area contributed by atoms with Crippen molar-refractivity contribution in [2.45, 2.75) is 12.5 Å². The summed E-state index contributed by atoms with van der Waals surface area (Å²) < 4.78 is 13.0. The Labute approximate surface area is 163 Å². The highest BCUT2D eigenvalue weighted by molar-refractivity contribution is 5.59. The number of morpholine rings is 1. The minimum Gasteiger partial charge on any atom is -0.497 e. The second-order valence-corrected chi connectivity index (χ2v) is 7.00. The van der Waals surface area contributed by atoms with Gasteiger partial charge in [-0.05, 0) is 30.7 Å². The van der Waals surface area contributed by atoms with Gasteiger partial charge in [-0.3, -0.25) is 14.3 Å². The van der Waals surface area contributed by atoms with Crippen molar-refractivity contribution in [3.63, 3.8) is 0 Å². The Morgan fingerprint density at radius 2 is 2.11 bits per heavy atom. The number of methoxy groups -OCH3 is 1. The third-order valence-corrected chi connectivity index (χ3v) is 5.25. The first kappa shape index (κ1) is 18.4. The largest absolute Gasteiger partial charge is 0.497 e. The van der Waals surface area contributed by atoms with Gasteiger partial charge in [0.05, 0.1) is 25.5 Å². The Morgan fingerprint density at radius 3 is 2.89 bits per heavy atom. The highest BCUT2D eigenvalue weighted by Crippen LogP contribution is 2.27. The van der Waals surface area contributed by atoms with Gasteiger partial charge in [-0.2, -0.15) is 0 Å². The van der Waals surface area contributed by atoms with Gasteiger partial charge < -0.3 is 14.4 Å². The van der Waals surface area contributed by atoms with Gasteiger partial charge >= 0.3 is 0 Å². The van der Waals surface area contributed by atoms with Gasteiger partial charge in [0.25, 0.3) is 5.56 Å². The fourth-order valence-electron chi connectivity index (χ4n) is 3.67. The number of nitrogens with zero attached hydrogens (tertiary/aromatic N) is 4. The molecule has 1 unspecified atom stereocenters. The molecular weight excluding hydrogens is 356 g/mol. The van der Waals surface area contributed by atoms with Crippen LogP contribution in [-0.2, 0) is 16.5 Å². The van der Waals surface area contributed by atoms with Gasteiger partial charge in [-0.15, -0.1) is 0 Å². The van der Waals surface area contributed by atoms with Crippen molar-refractivity contribution in [3.8, 4) is 11.3 Å². The number of pyridine rings is 1. The number of aromatic nitrogens is 3. The second kappa shape index (κ2) is 7.98. The maximum atomic E-state index is 12.6. The summed E-state index contributed by atoms with van der Waals surface area (Å²) in [6.45, 7) is 1.96. The van der Waals surface area contributed by atoms with Crippen molar-refractivity contribution < 1.29 is 9.47 Å². The first-order valence-corrected chi connectivity index (χ1v) is 9.43. The predicted molar refractivity (Wildman–Crippen MR) is 107 cm³/mol. The quantitative estimate of drug-likeness (QED) is 0.810. The van der Waals surface area contributed by atoms with E-state index >= 15 is 0 Å². The molecule has 1 aliphatic heterocycles. The number of hydrogen-bond donors (Lipinski definition) is 0. The van der Waals surface area contributed by atoms with Crippen LogP contribution in [0.15, 0.2) is 59.4 Å². The molecule has 146 valence electrons. The molecule has 0 spiro atoms. The lowest BCUT2D eigenvalue weighted by atomic mass is 9.93. The van der Waals surface area contributed by atoms with E-state index in [1.165, 1.54) is 0 Å². The van der Waals surface area contributed by atoms with Gasteiger partial charge in [-0.25, -0.2) is 4.98 Å². The van der Waals surface area contributed by atoms with Gasteiger partial charge in [0.15, 0.2) is 0 Å². The molecule has 0 bridgehead atoms. The van der Waals surface area contributed by atoms with Crippen molar-refractivity contribution in [1.29, 1.82) is 0 Å². The van der Waals surface area contributed by atoms with E-state index in [-0.39, 0.29) is 17.6 Å². The maximum Gasteiger partial charge on any atom is 0.255 e. The van der Waals surface area contributed by atoms with E-state index in [4.69, 9.17) is 14.5 Å². The lowest BCUT2D eigenvalue weighted by Crippen LogP contribution is -2.47. The number of anilines is 1. The lowest BCUT2D eigenvalue weighted by Gasteiger charge is -2.37. The molecule has 1 aliphatic carbocycles. The van der Waals surface area contributed by atoms with Gasteiger partial charge in [0.1, 0.15) is 5.76 Å².